The molecule has 0 unspecified atom stereocenters. The molecule has 1 aliphatic heterocycles. The summed E-state index contributed by atoms with van der Waals surface area (Å²) in [5, 5.41) is 3.11. The fourth-order valence-corrected chi connectivity index (χ4v) is 3.32. The number of nitrogens with one attached hydrogen (secondary N) is 2. The molecular weight excluding hydrogens is 300 g/mol. The van der Waals surface area contributed by atoms with Crippen molar-refractivity contribution < 1.29 is 4.79 Å². The van der Waals surface area contributed by atoms with Crippen LogP contribution >= 0.6 is 0 Å². The molecule has 5 nitrogen and oxygen atoms in total. The number of aryl methyl sites for hydroxylation is 1. The molecule has 1 saturated heterocycles. The standard InChI is InChI=1S/C19H26N4O/c24-19(22-11-6-10-18-20-12-13-21-18)17-9-4-5-14-23(17)15-16-7-2-1-3-8-16/h1-3,7-8,12-13,17H,4-6,9-11,14-15H2,(H,20,21)(H,22,24)/t17-/m0/s1. The SMILES string of the molecule is O=C(NCCCc1ncc[nH]1)[C@@H]1CCCCN1Cc1ccccc1. The third-order valence-corrected chi connectivity index (χ3v) is 4.59. The summed E-state index contributed by atoms with van der Waals surface area (Å²) in [4.78, 5) is 22.2. The van der Waals surface area contributed by atoms with Crippen LogP contribution in [0.3, 0.4) is 0 Å². The van der Waals surface area contributed by atoms with E-state index in [2.05, 4.69) is 44.5 Å². The normalized spacial score (nSPS) is 18.4. The molecule has 3 rings (SSSR count). The van der Waals surface area contributed by atoms with Crippen molar-refractivity contribution in [2.24, 2.45) is 0 Å². The number of likely N-dealkylation sites (tertiary alicyclic amines) is 1. The summed E-state index contributed by atoms with van der Waals surface area (Å²) >= 11 is 0. The molecule has 0 bridgehead atoms. The number of imidazole rings is 1. The molecule has 2 aromatic rings. The van der Waals surface area contributed by atoms with Crippen LogP contribution in [0.25, 0.3) is 0 Å². The molecule has 128 valence electrons. The smallest absolute Gasteiger partial charge is 0.237 e. The van der Waals surface area contributed by atoms with Crippen LogP contribution in [-0.4, -0.2) is 39.9 Å². The van der Waals surface area contributed by atoms with Gasteiger partial charge in [0, 0.05) is 31.9 Å². The molecule has 1 atom stereocenters. The summed E-state index contributed by atoms with van der Waals surface area (Å²) in [6.07, 6.45) is 8.63. The van der Waals surface area contributed by atoms with Crippen LogP contribution in [0.15, 0.2) is 42.7 Å². The number of piperidine rings is 1. The molecule has 1 aromatic heterocycles. The molecule has 0 aliphatic carbocycles. The van der Waals surface area contributed by atoms with Gasteiger partial charge in [0.2, 0.25) is 5.91 Å². The summed E-state index contributed by atoms with van der Waals surface area (Å²) in [7, 11) is 0. The van der Waals surface area contributed by atoms with Crippen molar-refractivity contribution in [1.29, 1.82) is 0 Å². The summed E-state index contributed by atoms with van der Waals surface area (Å²) in [5.74, 6) is 1.15. The Balaban J connectivity index is 1.47. The fourth-order valence-electron chi connectivity index (χ4n) is 3.32. The third kappa shape index (κ3) is 4.68. The summed E-state index contributed by atoms with van der Waals surface area (Å²) in [6.45, 7) is 2.56. The zero-order valence-electron chi connectivity index (χ0n) is 14.1. The molecule has 0 spiro atoms. The van der Waals surface area contributed by atoms with Gasteiger partial charge in [-0.3, -0.25) is 9.69 Å². The first-order valence-corrected chi connectivity index (χ1v) is 8.87. The quantitative estimate of drug-likeness (QED) is 0.769. The topological polar surface area (TPSA) is 61.0 Å². The van der Waals surface area contributed by atoms with E-state index in [4.69, 9.17) is 0 Å². The Morgan fingerprint density at radius 3 is 2.96 bits per heavy atom. The van der Waals surface area contributed by atoms with E-state index < -0.39 is 0 Å². The Labute approximate surface area is 143 Å². The van der Waals surface area contributed by atoms with Crippen LogP contribution in [0.1, 0.15) is 37.1 Å². The van der Waals surface area contributed by atoms with Crippen molar-refractivity contribution in [2.45, 2.75) is 44.7 Å². The predicted molar refractivity (Wildman–Crippen MR) is 94.4 cm³/mol. The fraction of sp³-hybridized carbons (Fsp3) is 0.474. The van der Waals surface area contributed by atoms with Crippen molar-refractivity contribution in [2.75, 3.05) is 13.1 Å². The van der Waals surface area contributed by atoms with Gasteiger partial charge in [-0.2, -0.15) is 0 Å². The number of hydrogen-bond acceptors (Lipinski definition) is 3. The van der Waals surface area contributed by atoms with E-state index in [1.165, 1.54) is 12.0 Å². The maximum Gasteiger partial charge on any atom is 0.237 e. The van der Waals surface area contributed by atoms with Gasteiger partial charge < -0.3 is 10.3 Å². The van der Waals surface area contributed by atoms with Crippen LogP contribution in [-0.2, 0) is 17.8 Å². The first-order chi connectivity index (χ1) is 11.8. The highest BCUT2D eigenvalue weighted by atomic mass is 16.2. The maximum absolute atomic E-state index is 12.6. The Bertz CT molecular complexity index is 612. The minimum absolute atomic E-state index is 0.00238. The van der Waals surface area contributed by atoms with Crippen LogP contribution < -0.4 is 5.32 Å². The Hall–Kier alpha value is -2.14. The highest BCUT2D eigenvalue weighted by Crippen LogP contribution is 2.19. The van der Waals surface area contributed by atoms with Crippen LogP contribution in [0.5, 0.6) is 0 Å². The minimum Gasteiger partial charge on any atom is -0.355 e. The first kappa shape index (κ1) is 16.7. The first-order valence-electron chi connectivity index (χ1n) is 8.87. The molecule has 1 fully saturated rings. The van der Waals surface area contributed by atoms with Crippen molar-refractivity contribution in [3.05, 3.63) is 54.1 Å². The van der Waals surface area contributed by atoms with E-state index in [1.807, 2.05) is 12.3 Å². The molecule has 0 saturated carbocycles. The van der Waals surface area contributed by atoms with Gasteiger partial charge >= 0.3 is 0 Å². The lowest BCUT2D eigenvalue weighted by molar-refractivity contribution is -0.127. The molecule has 1 aliphatic rings. The van der Waals surface area contributed by atoms with Crippen LogP contribution in [0.4, 0.5) is 0 Å². The number of aromatic nitrogens is 2. The molecule has 24 heavy (non-hydrogen) atoms. The van der Waals surface area contributed by atoms with E-state index in [-0.39, 0.29) is 11.9 Å². The molecule has 2 heterocycles. The van der Waals surface area contributed by atoms with Gasteiger partial charge in [-0.25, -0.2) is 4.98 Å². The number of hydrogen-bond donors (Lipinski definition) is 2. The van der Waals surface area contributed by atoms with Crippen molar-refractivity contribution in [3.8, 4) is 0 Å². The monoisotopic (exact) mass is 326 g/mol. The Kier molecular flexibility index (Phi) is 6.01. The lowest BCUT2D eigenvalue weighted by atomic mass is 10.0. The molecule has 1 amide bonds. The van der Waals surface area contributed by atoms with Gasteiger partial charge in [-0.1, -0.05) is 36.8 Å². The lowest BCUT2D eigenvalue weighted by Gasteiger charge is -2.34. The summed E-state index contributed by atoms with van der Waals surface area (Å²) < 4.78 is 0. The number of rotatable bonds is 7. The van der Waals surface area contributed by atoms with Crippen molar-refractivity contribution in [1.82, 2.24) is 20.2 Å². The van der Waals surface area contributed by atoms with Crippen LogP contribution in [0.2, 0.25) is 0 Å². The average molecular weight is 326 g/mol. The van der Waals surface area contributed by atoms with Crippen molar-refractivity contribution >= 4 is 5.91 Å². The predicted octanol–water partition coefficient (Wildman–Crippen LogP) is 2.51. The number of benzene rings is 1. The van der Waals surface area contributed by atoms with Crippen LogP contribution in [0, 0.1) is 0 Å². The highest BCUT2D eigenvalue weighted by molar-refractivity contribution is 5.81. The Morgan fingerprint density at radius 1 is 1.29 bits per heavy atom. The molecule has 0 radical (unpaired) electrons. The highest BCUT2D eigenvalue weighted by Gasteiger charge is 2.28. The average Bonchev–Trinajstić information content (AvgIpc) is 3.13. The second-order valence-corrected chi connectivity index (χ2v) is 6.40. The van der Waals surface area contributed by atoms with E-state index in [0.29, 0.717) is 6.54 Å². The maximum atomic E-state index is 12.6. The molecule has 5 heteroatoms. The van der Waals surface area contributed by atoms with Gasteiger partial charge in [0.1, 0.15) is 5.82 Å². The zero-order valence-corrected chi connectivity index (χ0v) is 14.1. The van der Waals surface area contributed by atoms with Gasteiger partial charge in [-0.05, 0) is 31.4 Å². The lowest BCUT2D eigenvalue weighted by Crippen LogP contribution is -2.49. The second-order valence-electron chi connectivity index (χ2n) is 6.40. The second kappa shape index (κ2) is 8.64. The van der Waals surface area contributed by atoms with E-state index >= 15 is 0 Å². The number of amides is 1. The number of carbonyl (C=O) groups is 1. The number of H-pyrrole nitrogens is 1. The van der Waals surface area contributed by atoms with E-state index in [1.54, 1.807) is 6.20 Å². The molecular formula is C19H26N4O. The van der Waals surface area contributed by atoms with Gasteiger partial charge in [0.15, 0.2) is 0 Å². The van der Waals surface area contributed by atoms with E-state index in [0.717, 1.165) is 44.6 Å². The van der Waals surface area contributed by atoms with Gasteiger partial charge in [-0.15, -0.1) is 0 Å². The molecule has 2 N–H and O–H groups in total. The summed E-state index contributed by atoms with van der Waals surface area (Å²) in [6, 6.07) is 10.4. The van der Waals surface area contributed by atoms with Gasteiger partial charge in [0.05, 0.1) is 6.04 Å². The number of carbonyl (C=O) groups excluding carboxylic acids is 1. The largest absolute Gasteiger partial charge is 0.355 e. The third-order valence-electron chi connectivity index (χ3n) is 4.59. The van der Waals surface area contributed by atoms with Crippen molar-refractivity contribution in [3.63, 3.8) is 0 Å². The van der Waals surface area contributed by atoms with E-state index in [9.17, 15) is 4.79 Å². The number of nitrogens with zero attached hydrogens (tertiary/aromatic N) is 2. The number of aromatic amines is 1. The van der Waals surface area contributed by atoms with Gasteiger partial charge in [0.25, 0.3) is 0 Å². The Morgan fingerprint density at radius 2 is 2.17 bits per heavy atom. The zero-order chi connectivity index (χ0) is 16.6. The summed E-state index contributed by atoms with van der Waals surface area (Å²) in [5.41, 5.74) is 1.27. The minimum atomic E-state index is 0.00238. The molecule has 1 aromatic carbocycles.